The molecule has 0 N–H and O–H groups in total. The average molecular weight is 405 g/mol. The Morgan fingerprint density at radius 1 is 0.967 bits per heavy atom. The summed E-state index contributed by atoms with van der Waals surface area (Å²) in [4.78, 5) is 20.2. The first-order chi connectivity index (χ1) is 14.7. The van der Waals surface area contributed by atoms with Gasteiger partial charge in [-0.1, -0.05) is 56.3 Å². The molecular weight excluding hydrogens is 376 g/mol. The summed E-state index contributed by atoms with van der Waals surface area (Å²) >= 11 is 0. The molecule has 4 rings (SSSR count). The Morgan fingerprint density at radius 2 is 1.63 bits per heavy atom. The van der Waals surface area contributed by atoms with Crippen LogP contribution in [0.15, 0.2) is 54.6 Å². The van der Waals surface area contributed by atoms with Crippen LogP contribution in [-0.4, -0.2) is 44.5 Å². The van der Waals surface area contributed by atoms with Gasteiger partial charge in [0, 0.05) is 6.54 Å². The zero-order valence-electron chi connectivity index (χ0n) is 17.8. The van der Waals surface area contributed by atoms with E-state index in [0.29, 0.717) is 25.4 Å². The van der Waals surface area contributed by atoms with Crippen LogP contribution in [0.4, 0.5) is 0 Å². The molecular formula is C24H28N4O2. The Hall–Kier alpha value is -3.12. The molecule has 2 heterocycles. The maximum atomic E-state index is 13.0. The molecule has 0 aliphatic heterocycles. The fourth-order valence-corrected chi connectivity index (χ4v) is 3.95. The third-order valence-electron chi connectivity index (χ3n) is 5.51. The average Bonchev–Trinajstić information content (AvgIpc) is 3.28. The lowest BCUT2D eigenvalue weighted by Gasteiger charge is -2.17. The van der Waals surface area contributed by atoms with Crippen molar-refractivity contribution in [1.29, 1.82) is 0 Å². The van der Waals surface area contributed by atoms with E-state index in [-0.39, 0.29) is 5.97 Å². The molecule has 0 radical (unpaired) electrons. The van der Waals surface area contributed by atoms with Gasteiger partial charge >= 0.3 is 5.97 Å². The number of carbonyl (C=O) groups excluding carboxylic acids is 1. The first-order valence-corrected chi connectivity index (χ1v) is 10.6. The highest BCUT2D eigenvalue weighted by molar-refractivity contribution is 5.94. The van der Waals surface area contributed by atoms with E-state index in [9.17, 15) is 4.79 Å². The minimum atomic E-state index is -0.324. The zero-order chi connectivity index (χ0) is 21.1. The van der Waals surface area contributed by atoms with Gasteiger partial charge in [-0.2, -0.15) is 0 Å². The van der Waals surface area contributed by atoms with Gasteiger partial charge in [-0.3, -0.25) is 9.30 Å². The predicted octanol–water partition coefficient (Wildman–Crippen LogP) is 4.36. The van der Waals surface area contributed by atoms with Crippen molar-refractivity contribution in [3.8, 4) is 0 Å². The second-order valence-corrected chi connectivity index (χ2v) is 7.28. The van der Waals surface area contributed by atoms with Crippen molar-refractivity contribution in [1.82, 2.24) is 18.9 Å². The smallest absolute Gasteiger partial charge is 0.357 e. The van der Waals surface area contributed by atoms with Crippen LogP contribution in [0.25, 0.3) is 16.8 Å². The van der Waals surface area contributed by atoms with Crippen LogP contribution in [0, 0.1) is 0 Å². The molecule has 0 amide bonds. The van der Waals surface area contributed by atoms with Crippen molar-refractivity contribution in [3.05, 3.63) is 71.5 Å². The highest BCUT2D eigenvalue weighted by atomic mass is 16.5. The van der Waals surface area contributed by atoms with Gasteiger partial charge < -0.3 is 9.30 Å². The molecule has 0 aliphatic carbocycles. The van der Waals surface area contributed by atoms with Gasteiger partial charge in [-0.15, -0.1) is 0 Å². The number of ether oxygens (including phenoxy) is 1. The molecule has 0 aliphatic rings. The first kappa shape index (κ1) is 20.2. The fourth-order valence-electron chi connectivity index (χ4n) is 3.95. The number of nitrogens with zero attached hydrogens (tertiary/aromatic N) is 4. The summed E-state index contributed by atoms with van der Waals surface area (Å²) in [6, 6.07) is 18.4. The summed E-state index contributed by atoms with van der Waals surface area (Å²) in [5.74, 6) is 0.444. The first-order valence-electron chi connectivity index (χ1n) is 10.6. The summed E-state index contributed by atoms with van der Waals surface area (Å²) in [7, 11) is 0. The van der Waals surface area contributed by atoms with Gasteiger partial charge in [0.15, 0.2) is 5.69 Å². The van der Waals surface area contributed by atoms with Crippen molar-refractivity contribution in [3.63, 3.8) is 0 Å². The van der Waals surface area contributed by atoms with Gasteiger partial charge in [0.2, 0.25) is 5.78 Å². The lowest BCUT2D eigenvalue weighted by atomic mass is 10.2. The molecule has 4 aromatic rings. The Labute approximate surface area is 176 Å². The zero-order valence-corrected chi connectivity index (χ0v) is 17.8. The monoisotopic (exact) mass is 404 g/mol. The van der Waals surface area contributed by atoms with Crippen LogP contribution >= 0.6 is 0 Å². The van der Waals surface area contributed by atoms with E-state index < -0.39 is 0 Å². The minimum Gasteiger partial charge on any atom is -0.461 e. The maximum Gasteiger partial charge on any atom is 0.357 e. The molecule has 6 heteroatoms. The SMILES string of the molecule is CCOC(=O)c1c(CN(CC)CC)nc2n(Cc3ccccc3)c3ccccc3n12. The summed E-state index contributed by atoms with van der Waals surface area (Å²) in [5.41, 5.74) is 4.49. The van der Waals surface area contributed by atoms with Gasteiger partial charge in [0.05, 0.1) is 29.9 Å². The van der Waals surface area contributed by atoms with Crippen LogP contribution in [0.3, 0.4) is 0 Å². The Bertz CT molecular complexity index is 1160. The van der Waals surface area contributed by atoms with E-state index in [2.05, 4.69) is 41.5 Å². The summed E-state index contributed by atoms with van der Waals surface area (Å²) in [6.07, 6.45) is 0. The topological polar surface area (TPSA) is 51.8 Å². The molecule has 0 saturated carbocycles. The Kier molecular flexibility index (Phi) is 5.86. The second-order valence-electron chi connectivity index (χ2n) is 7.28. The highest BCUT2D eigenvalue weighted by Gasteiger charge is 2.26. The normalized spacial score (nSPS) is 11.6. The number of carbonyl (C=O) groups is 1. The molecule has 0 atom stereocenters. The minimum absolute atomic E-state index is 0.324. The highest BCUT2D eigenvalue weighted by Crippen LogP contribution is 2.27. The van der Waals surface area contributed by atoms with Crippen LogP contribution in [0.5, 0.6) is 0 Å². The van der Waals surface area contributed by atoms with E-state index in [0.717, 1.165) is 35.6 Å². The number of rotatable bonds is 8. The molecule has 0 spiro atoms. The van der Waals surface area contributed by atoms with Gasteiger partial charge in [-0.05, 0) is 37.7 Å². The number of hydrogen-bond acceptors (Lipinski definition) is 4. The second kappa shape index (κ2) is 8.71. The lowest BCUT2D eigenvalue weighted by Crippen LogP contribution is -2.24. The standard InChI is InChI=1S/C24H28N4O2/c1-4-26(5-2)17-19-22(23(29)30-6-3)28-21-15-11-10-14-20(21)27(24(28)25-19)16-18-12-8-7-9-13-18/h7-15H,4-6,16-17H2,1-3H3. The van der Waals surface area contributed by atoms with Crippen LogP contribution in [-0.2, 0) is 17.8 Å². The van der Waals surface area contributed by atoms with Crippen LogP contribution in [0.2, 0.25) is 0 Å². The summed E-state index contributed by atoms with van der Waals surface area (Å²) in [5, 5.41) is 0. The number of para-hydroxylation sites is 2. The maximum absolute atomic E-state index is 13.0. The van der Waals surface area contributed by atoms with E-state index in [1.165, 1.54) is 5.56 Å². The van der Waals surface area contributed by atoms with E-state index >= 15 is 0 Å². The van der Waals surface area contributed by atoms with Crippen molar-refractivity contribution in [2.45, 2.75) is 33.9 Å². The largest absolute Gasteiger partial charge is 0.461 e. The Morgan fingerprint density at radius 3 is 2.30 bits per heavy atom. The van der Waals surface area contributed by atoms with Gasteiger partial charge in [-0.25, -0.2) is 9.78 Å². The Balaban J connectivity index is 1.96. The van der Waals surface area contributed by atoms with Crippen LogP contribution < -0.4 is 0 Å². The quantitative estimate of drug-likeness (QED) is 0.410. The molecule has 2 aromatic heterocycles. The molecule has 2 aromatic carbocycles. The lowest BCUT2D eigenvalue weighted by molar-refractivity contribution is 0.0516. The van der Waals surface area contributed by atoms with Crippen LogP contribution in [0.1, 0.15) is 42.5 Å². The fraction of sp³-hybridized carbons (Fsp3) is 0.333. The predicted molar refractivity (Wildman–Crippen MR) is 119 cm³/mol. The summed E-state index contributed by atoms with van der Waals surface area (Å²) in [6.45, 7) is 9.49. The van der Waals surface area contributed by atoms with Gasteiger partial charge in [0.1, 0.15) is 0 Å². The van der Waals surface area contributed by atoms with E-state index in [4.69, 9.17) is 9.72 Å². The molecule has 0 saturated heterocycles. The number of aromatic nitrogens is 3. The van der Waals surface area contributed by atoms with Crippen molar-refractivity contribution < 1.29 is 9.53 Å². The number of benzene rings is 2. The molecule has 0 bridgehead atoms. The van der Waals surface area contributed by atoms with Crippen molar-refractivity contribution in [2.75, 3.05) is 19.7 Å². The third-order valence-corrected chi connectivity index (χ3v) is 5.51. The van der Waals surface area contributed by atoms with E-state index in [1.807, 2.05) is 47.7 Å². The molecule has 30 heavy (non-hydrogen) atoms. The molecule has 6 nitrogen and oxygen atoms in total. The van der Waals surface area contributed by atoms with Crippen molar-refractivity contribution in [2.24, 2.45) is 0 Å². The number of fused-ring (bicyclic) bond motifs is 3. The number of imidazole rings is 2. The molecule has 156 valence electrons. The van der Waals surface area contributed by atoms with Crippen molar-refractivity contribution >= 4 is 22.8 Å². The molecule has 0 fully saturated rings. The number of hydrogen-bond donors (Lipinski definition) is 0. The van der Waals surface area contributed by atoms with E-state index in [1.54, 1.807) is 0 Å². The third kappa shape index (κ3) is 3.59. The summed E-state index contributed by atoms with van der Waals surface area (Å²) < 4.78 is 9.58. The number of esters is 1. The molecule has 0 unspecified atom stereocenters. The van der Waals surface area contributed by atoms with Gasteiger partial charge in [0.25, 0.3) is 0 Å².